The molecule has 0 atom stereocenters. The predicted molar refractivity (Wildman–Crippen MR) is 61.5 cm³/mol. The highest BCUT2D eigenvalue weighted by Gasteiger charge is 2.06. The molecule has 0 fully saturated rings. The van der Waals surface area contributed by atoms with Crippen LogP contribution in [0.5, 0.6) is 6.01 Å². The molecule has 0 aliphatic heterocycles. The first kappa shape index (κ1) is 10.8. The smallest absolute Gasteiger partial charge is 0.337 e. The molecule has 84 valence electrons. The fourth-order valence-corrected chi connectivity index (χ4v) is 1.42. The third-order valence-corrected chi connectivity index (χ3v) is 2.36. The second kappa shape index (κ2) is 4.40. The Morgan fingerprint density at radius 2 is 2.06 bits per heavy atom. The van der Waals surface area contributed by atoms with Gasteiger partial charge in [-0.2, -0.15) is 4.98 Å². The Morgan fingerprint density at radius 1 is 1.38 bits per heavy atom. The molecular formula is C10H11ClN4O. The summed E-state index contributed by atoms with van der Waals surface area (Å²) < 4.78 is 6.46. The van der Waals surface area contributed by atoms with E-state index in [2.05, 4.69) is 10.1 Å². The number of benzene rings is 1. The van der Waals surface area contributed by atoms with Crippen molar-refractivity contribution in [3.63, 3.8) is 0 Å². The first-order valence-electron chi connectivity index (χ1n) is 4.68. The van der Waals surface area contributed by atoms with E-state index in [0.29, 0.717) is 17.5 Å². The minimum absolute atomic E-state index is 0.270. The van der Waals surface area contributed by atoms with Crippen LogP contribution in [0.15, 0.2) is 24.3 Å². The number of nitrogen functional groups attached to an aromatic ring is 1. The molecule has 0 unspecified atom stereocenters. The summed E-state index contributed by atoms with van der Waals surface area (Å²) in [6.45, 7) is 0.541. The van der Waals surface area contributed by atoms with Crippen LogP contribution in [0.2, 0.25) is 5.02 Å². The van der Waals surface area contributed by atoms with E-state index in [1.807, 2.05) is 24.3 Å². The molecule has 0 spiro atoms. The third kappa shape index (κ3) is 2.25. The third-order valence-electron chi connectivity index (χ3n) is 2.11. The summed E-state index contributed by atoms with van der Waals surface area (Å²) >= 11 is 5.79. The predicted octanol–water partition coefficient (Wildman–Crippen LogP) is 1.57. The molecule has 0 radical (unpaired) electrons. The summed E-state index contributed by atoms with van der Waals surface area (Å²) in [5, 5.41) is 4.77. The van der Waals surface area contributed by atoms with Crippen molar-refractivity contribution in [2.75, 3.05) is 12.8 Å². The Morgan fingerprint density at radius 3 is 2.62 bits per heavy atom. The van der Waals surface area contributed by atoms with Gasteiger partial charge in [0, 0.05) is 5.02 Å². The first-order chi connectivity index (χ1) is 7.69. The van der Waals surface area contributed by atoms with Gasteiger partial charge in [-0.3, -0.25) is 0 Å². The van der Waals surface area contributed by atoms with Gasteiger partial charge in [-0.15, -0.1) is 5.10 Å². The number of hydrogen-bond acceptors (Lipinski definition) is 4. The molecule has 2 N–H and O–H groups in total. The number of nitrogens with two attached hydrogens (primary N) is 1. The lowest BCUT2D eigenvalue weighted by Gasteiger charge is -2.02. The zero-order chi connectivity index (χ0) is 11.5. The molecule has 1 aromatic carbocycles. The zero-order valence-electron chi connectivity index (χ0n) is 8.72. The van der Waals surface area contributed by atoms with Gasteiger partial charge < -0.3 is 10.5 Å². The number of anilines is 1. The molecule has 5 nitrogen and oxygen atoms in total. The fraction of sp³-hybridized carbons (Fsp3) is 0.200. The first-order valence-corrected chi connectivity index (χ1v) is 5.05. The number of hydrogen-bond donors (Lipinski definition) is 1. The number of halogens is 1. The Bertz CT molecular complexity index is 480. The van der Waals surface area contributed by atoms with Crippen LogP contribution in [0.4, 0.5) is 5.95 Å². The van der Waals surface area contributed by atoms with Crippen LogP contribution in [-0.2, 0) is 6.54 Å². The number of methoxy groups -OCH3 is 1. The summed E-state index contributed by atoms with van der Waals surface area (Å²) in [4.78, 5) is 3.92. The van der Waals surface area contributed by atoms with Crippen LogP contribution >= 0.6 is 11.6 Å². The molecular weight excluding hydrogens is 228 g/mol. The maximum atomic E-state index is 5.79. The molecule has 2 aromatic rings. The van der Waals surface area contributed by atoms with Crippen LogP contribution in [0.1, 0.15) is 5.56 Å². The summed E-state index contributed by atoms with van der Waals surface area (Å²) in [5.74, 6) is 0.326. The quantitative estimate of drug-likeness (QED) is 0.882. The van der Waals surface area contributed by atoms with Crippen molar-refractivity contribution in [1.29, 1.82) is 0 Å². The second-order valence-electron chi connectivity index (χ2n) is 3.24. The van der Waals surface area contributed by atoms with Gasteiger partial charge in [0.1, 0.15) is 0 Å². The molecule has 0 saturated heterocycles. The van der Waals surface area contributed by atoms with Crippen molar-refractivity contribution in [2.24, 2.45) is 0 Å². The average molecular weight is 239 g/mol. The van der Waals surface area contributed by atoms with E-state index < -0.39 is 0 Å². The average Bonchev–Trinajstić information content (AvgIpc) is 2.63. The van der Waals surface area contributed by atoms with Gasteiger partial charge in [0.15, 0.2) is 0 Å². The highest BCUT2D eigenvalue weighted by atomic mass is 35.5. The van der Waals surface area contributed by atoms with Crippen molar-refractivity contribution >= 4 is 17.5 Å². The maximum Gasteiger partial charge on any atom is 0.337 e. The largest absolute Gasteiger partial charge is 0.466 e. The van der Waals surface area contributed by atoms with Crippen LogP contribution in [-0.4, -0.2) is 21.9 Å². The number of nitrogens with zero attached hydrogens (tertiary/aromatic N) is 3. The van der Waals surface area contributed by atoms with Crippen LogP contribution in [0, 0.1) is 0 Å². The van der Waals surface area contributed by atoms with Gasteiger partial charge in [-0.05, 0) is 17.7 Å². The number of rotatable bonds is 3. The molecule has 0 amide bonds. The van der Waals surface area contributed by atoms with Crippen molar-refractivity contribution in [1.82, 2.24) is 14.8 Å². The molecule has 0 aliphatic rings. The molecule has 0 aliphatic carbocycles. The highest BCUT2D eigenvalue weighted by Crippen LogP contribution is 2.13. The van der Waals surface area contributed by atoms with E-state index in [9.17, 15) is 0 Å². The van der Waals surface area contributed by atoms with E-state index in [4.69, 9.17) is 22.1 Å². The van der Waals surface area contributed by atoms with Crippen LogP contribution < -0.4 is 10.5 Å². The summed E-state index contributed by atoms with van der Waals surface area (Å²) in [6, 6.07) is 7.74. The number of ether oxygens (including phenoxy) is 1. The van der Waals surface area contributed by atoms with Gasteiger partial charge in [0.25, 0.3) is 0 Å². The molecule has 0 bridgehead atoms. The minimum atomic E-state index is 0.270. The normalized spacial score (nSPS) is 10.4. The second-order valence-corrected chi connectivity index (χ2v) is 3.68. The standard InChI is InChI=1S/C10H11ClN4O/c1-16-10-13-9(12)15(14-10)6-7-2-4-8(11)5-3-7/h2-5H,6H2,1H3,(H2,12,13,14). The van der Waals surface area contributed by atoms with Gasteiger partial charge in [0.05, 0.1) is 13.7 Å². The minimum Gasteiger partial charge on any atom is -0.466 e. The monoisotopic (exact) mass is 238 g/mol. The summed E-state index contributed by atoms with van der Waals surface area (Å²) in [7, 11) is 1.50. The van der Waals surface area contributed by atoms with Crippen molar-refractivity contribution < 1.29 is 4.74 Å². The van der Waals surface area contributed by atoms with Crippen molar-refractivity contribution in [2.45, 2.75) is 6.54 Å². The van der Waals surface area contributed by atoms with Crippen LogP contribution in [0.25, 0.3) is 0 Å². The van der Waals surface area contributed by atoms with Gasteiger partial charge >= 0.3 is 6.01 Å². The van der Waals surface area contributed by atoms with Crippen molar-refractivity contribution in [3.05, 3.63) is 34.9 Å². The molecule has 1 aromatic heterocycles. The Labute approximate surface area is 97.8 Å². The Balaban J connectivity index is 2.19. The highest BCUT2D eigenvalue weighted by molar-refractivity contribution is 6.30. The fourth-order valence-electron chi connectivity index (χ4n) is 1.30. The van der Waals surface area contributed by atoms with E-state index >= 15 is 0 Å². The number of aromatic nitrogens is 3. The molecule has 0 saturated carbocycles. The Kier molecular flexibility index (Phi) is 2.96. The molecule has 2 rings (SSSR count). The Hall–Kier alpha value is -1.75. The van der Waals surface area contributed by atoms with E-state index in [0.717, 1.165) is 5.56 Å². The van der Waals surface area contributed by atoms with E-state index in [1.165, 1.54) is 7.11 Å². The van der Waals surface area contributed by atoms with Gasteiger partial charge in [-0.25, -0.2) is 4.68 Å². The lowest BCUT2D eigenvalue weighted by Crippen LogP contribution is -2.06. The van der Waals surface area contributed by atoms with Crippen molar-refractivity contribution in [3.8, 4) is 6.01 Å². The SMILES string of the molecule is COc1nc(N)n(Cc2ccc(Cl)cc2)n1. The van der Waals surface area contributed by atoms with E-state index in [1.54, 1.807) is 4.68 Å². The molecule has 16 heavy (non-hydrogen) atoms. The summed E-state index contributed by atoms with van der Waals surface area (Å²) in [6.07, 6.45) is 0. The van der Waals surface area contributed by atoms with Gasteiger partial charge in [-0.1, -0.05) is 23.7 Å². The molecule has 6 heteroatoms. The lowest BCUT2D eigenvalue weighted by atomic mass is 10.2. The lowest BCUT2D eigenvalue weighted by molar-refractivity contribution is 0.377. The topological polar surface area (TPSA) is 66.0 Å². The zero-order valence-corrected chi connectivity index (χ0v) is 9.48. The summed E-state index contributed by atoms with van der Waals surface area (Å²) in [5.41, 5.74) is 6.72. The maximum absolute atomic E-state index is 5.79. The van der Waals surface area contributed by atoms with Gasteiger partial charge in [0.2, 0.25) is 5.95 Å². The van der Waals surface area contributed by atoms with E-state index in [-0.39, 0.29) is 6.01 Å². The van der Waals surface area contributed by atoms with Crippen LogP contribution in [0.3, 0.4) is 0 Å². The molecule has 1 heterocycles.